The zero-order valence-corrected chi connectivity index (χ0v) is 13.4. The number of halogens is 1. The predicted molar refractivity (Wildman–Crippen MR) is 78.7 cm³/mol. The summed E-state index contributed by atoms with van der Waals surface area (Å²) < 4.78 is 1.34. The summed E-state index contributed by atoms with van der Waals surface area (Å²) in [6, 6.07) is 0. The van der Waals surface area contributed by atoms with Crippen molar-refractivity contribution in [3.05, 3.63) is 0 Å². The minimum atomic E-state index is 0. The van der Waals surface area contributed by atoms with E-state index in [2.05, 4.69) is 29.5 Å². The van der Waals surface area contributed by atoms with Crippen LogP contribution in [-0.4, -0.2) is 27.5 Å². The Bertz CT molecular complexity index is 85.1. The van der Waals surface area contributed by atoms with Crippen LogP contribution in [0.25, 0.3) is 0 Å². The number of hydrogen-bond donors (Lipinski definition) is 0. The van der Waals surface area contributed by atoms with Gasteiger partial charge in [-0.25, -0.2) is 0 Å². The summed E-state index contributed by atoms with van der Waals surface area (Å²) in [6.07, 6.45) is 14.5. The van der Waals surface area contributed by atoms with Crippen LogP contribution in [0.15, 0.2) is 0 Å². The second-order valence-corrected chi connectivity index (χ2v) is 4.95. The first-order valence-electron chi connectivity index (χ1n) is 5.97. The SMILES string of the molecule is CCCCCCCCCCCCI.[H-].[H-].[Mg+2]. The van der Waals surface area contributed by atoms with Crippen LogP contribution in [0, 0.1) is 0 Å². The second-order valence-electron chi connectivity index (χ2n) is 3.87. The Labute approximate surface area is 123 Å². The number of unbranched alkanes of at least 4 members (excludes halogenated alkanes) is 9. The Morgan fingerprint density at radius 2 is 1.07 bits per heavy atom. The molecule has 0 radical (unpaired) electrons. The van der Waals surface area contributed by atoms with Crippen LogP contribution in [0.1, 0.15) is 74.0 Å². The average Bonchev–Trinajstić information content (AvgIpc) is 2.16. The van der Waals surface area contributed by atoms with E-state index >= 15 is 0 Å². The summed E-state index contributed by atoms with van der Waals surface area (Å²) >= 11 is 2.47. The van der Waals surface area contributed by atoms with E-state index in [1.807, 2.05) is 0 Å². The first-order chi connectivity index (χ1) is 6.41. The Kier molecular flexibility index (Phi) is 21.6. The third-order valence-corrected chi connectivity index (χ3v) is 3.25. The van der Waals surface area contributed by atoms with Gasteiger partial charge in [0.15, 0.2) is 0 Å². The molecule has 0 aliphatic rings. The molecule has 0 saturated carbocycles. The predicted octanol–water partition coefficient (Wildman–Crippen LogP) is 5.19. The van der Waals surface area contributed by atoms with Crippen molar-refractivity contribution in [1.82, 2.24) is 0 Å². The summed E-state index contributed by atoms with van der Waals surface area (Å²) in [4.78, 5) is 0. The van der Waals surface area contributed by atoms with E-state index < -0.39 is 0 Å². The van der Waals surface area contributed by atoms with Gasteiger partial charge >= 0.3 is 23.1 Å². The number of hydrogen-bond acceptors (Lipinski definition) is 0. The molecule has 84 valence electrons. The molecule has 0 aliphatic carbocycles. The van der Waals surface area contributed by atoms with Crippen molar-refractivity contribution in [2.24, 2.45) is 0 Å². The topological polar surface area (TPSA) is 0 Å². The maximum atomic E-state index is 2.47. The fourth-order valence-electron chi connectivity index (χ4n) is 1.58. The number of rotatable bonds is 10. The molecule has 0 bridgehead atoms. The third kappa shape index (κ3) is 15.9. The minimum Gasteiger partial charge on any atom is -1.00 e. The van der Waals surface area contributed by atoms with Crippen LogP contribution in [0.2, 0.25) is 0 Å². The van der Waals surface area contributed by atoms with Gasteiger partial charge in [-0.3, -0.25) is 0 Å². The van der Waals surface area contributed by atoms with E-state index in [0.717, 1.165) is 0 Å². The van der Waals surface area contributed by atoms with Crippen LogP contribution >= 0.6 is 22.6 Å². The normalized spacial score (nSPS) is 9.86. The van der Waals surface area contributed by atoms with Gasteiger partial charge in [-0.1, -0.05) is 87.3 Å². The van der Waals surface area contributed by atoms with E-state index in [9.17, 15) is 0 Å². The van der Waals surface area contributed by atoms with Gasteiger partial charge in [-0.2, -0.15) is 0 Å². The van der Waals surface area contributed by atoms with Gasteiger partial charge in [0.25, 0.3) is 0 Å². The van der Waals surface area contributed by atoms with Gasteiger partial charge in [0.1, 0.15) is 0 Å². The van der Waals surface area contributed by atoms with Crippen LogP contribution in [0.4, 0.5) is 0 Å². The molecule has 0 aliphatic heterocycles. The molecule has 0 nitrogen and oxygen atoms in total. The molecule has 14 heavy (non-hydrogen) atoms. The number of alkyl halides is 1. The Balaban J connectivity index is -0.000000240. The molecule has 0 fully saturated rings. The van der Waals surface area contributed by atoms with E-state index in [-0.39, 0.29) is 25.9 Å². The summed E-state index contributed by atoms with van der Waals surface area (Å²) in [6.45, 7) is 2.28. The fourth-order valence-corrected chi connectivity index (χ4v) is 2.12. The van der Waals surface area contributed by atoms with Gasteiger partial charge in [0, 0.05) is 0 Å². The first kappa shape index (κ1) is 17.9. The third-order valence-electron chi connectivity index (χ3n) is 2.49. The summed E-state index contributed by atoms with van der Waals surface area (Å²) in [7, 11) is 0. The summed E-state index contributed by atoms with van der Waals surface area (Å²) in [5.74, 6) is 0. The van der Waals surface area contributed by atoms with E-state index in [1.54, 1.807) is 0 Å². The molecule has 0 spiro atoms. The molecule has 0 aromatic heterocycles. The maximum absolute atomic E-state index is 2.47. The molecular weight excluding hydrogens is 295 g/mol. The maximum Gasteiger partial charge on any atom is 2.00 e. The monoisotopic (exact) mass is 322 g/mol. The van der Waals surface area contributed by atoms with E-state index in [1.165, 1.54) is 68.6 Å². The molecule has 0 amide bonds. The molecule has 0 N–H and O–H groups in total. The first-order valence-corrected chi connectivity index (χ1v) is 7.50. The van der Waals surface area contributed by atoms with Crippen molar-refractivity contribution in [2.75, 3.05) is 4.43 Å². The van der Waals surface area contributed by atoms with Crippen molar-refractivity contribution < 1.29 is 2.85 Å². The van der Waals surface area contributed by atoms with E-state index in [4.69, 9.17) is 0 Å². The largest absolute Gasteiger partial charge is 2.00 e. The minimum absolute atomic E-state index is 0. The van der Waals surface area contributed by atoms with Crippen LogP contribution < -0.4 is 0 Å². The molecule has 0 unspecified atom stereocenters. The summed E-state index contributed by atoms with van der Waals surface area (Å²) in [5.41, 5.74) is 0. The van der Waals surface area contributed by atoms with Gasteiger partial charge in [-0.15, -0.1) is 0 Å². The van der Waals surface area contributed by atoms with Gasteiger partial charge in [0.05, 0.1) is 0 Å². The smallest absolute Gasteiger partial charge is 1.00 e. The molecule has 2 heteroatoms. The molecule has 0 rings (SSSR count). The van der Waals surface area contributed by atoms with Crippen molar-refractivity contribution in [2.45, 2.75) is 71.1 Å². The quantitative estimate of drug-likeness (QED) is 0.225. The average molecular weight is 323 g/mol. The van der Waals surface area contributed by atoms with Gasteiger partial charge in [0.2, 0.25) is 0 Å². The van der Waals surface area contributed by atoms with Crippen molar-refractivity contribution in [1.29, 1.82) is 0 Å². The van der Waals surface area contributed by atoms with E-state index in [0.29, 0.717) is 0 Å². The molecule has 0 heterocycles. The standard InChI is InChI=1S/C12H25I.Mg.2H/c1-2-3-4-5-6-7-8-9-10-11-12-13;;;/h2-12H2,1H3;;;/q;+2;2*-1. The zero-order valence-electron chi connectivity index (χ0n) is 11.9. The Hall–Kier alpha value is 1.50. The molecular formula is C12H27IMg. The van der Waals surface area contributed by atoms with Crippen molar-refractivity contribution in [3.8, 4) is 0 Å². The van der Waals surface area contributed by atoms with Gasteiger partial charge in [-0.05, 0) is 10.8 Å². The van der Waals surface area contributed by atoms with Crippen LogP contribution in [-0.2, 0) is 0 Å². The molecule has 0 saturated heterocycles. The van der Waals surface area contributed by atoms with Gasteiger partial charge < -0.3 is 2.85 Å². The van der Waals surface area contributed by atoms with Crippen molar-refractivity contribution in [3.63, 3.8) is 0 Å². The second kappa shape index (κ2) is 16.9. The Morgan fingerprint density at radius 1 is 0.714 bits per heavy atom. The Morgan fingerprint density at radius 3 is 1.43 bits per heavy atom. The molecule has 0 aromatic rings. The zero-order chi connectivity index (χ0) is 9.78. The van der Waals surface area contributed by atoms with Crippen molar-refractivity contribution >= 4 is 45.6 Å². The molecule has 0 aromatic carbocycles. The van der Waals surface area contributed by atoms with Crippen LogP contribution in [0.5, 0.6) is 0 Å². The van der Waals surface area contributed by atoms with Crippen LogP contribution in [0.3, 0.4) is 0 Å². The molecule has 0 atom stereocenters. The summed E-state index contributed by atoms with van der Waals surface area (Å²) in [5, 5.41) is 0. The fraction of sp³-hybridized carbons (Fsp3) is 1.00.